The van der Waals surface area contributed by atoms with Crippen LogP contribution >= 0.6 is 11.8 Å². The Morgan fingerprint density at radius 1 is 1.35 bits per heavy atom. The van der Waals surface area contributed by atoms with Gasteiger partial charge in [-0.15, -0.1) is 11.8 Å². The predicted molar refractivity (Wildman–Crippen MR) is 84.6 cm³/mol. The lowest BCUT2D eigenvalue weighted by Crippen LogP contribution is -2.39. The van der Waals surface area contributed by atoms with Crippen LogP contribution in [0.2, 0.25) is 0 Å². The second-order valence-electron chi connectivity index (χ2n) is 4.82. The highest BCUT2D eigenvalue weighted by atomic mass is 32.2. The summed E-state index contributed by atoms with van der Waals surface area (Å²) in [6.07, 6.45) is 4.70. The zero-order valence-corrected chi connectivity index (χ0v) is 12.9. The molecule has 1 atom stereocenters. The van der Waals surface area contributed by atoms with Crippen molar-refractivity contribution in [2.75, 3.05) is 5.75 Å². The van der Waals surface area contributed by atoms with Gasteiger partial charge in [0.15, 0.2) is 0 Å². The molecule has 1 heterocycles. The molecule has 2 aromatic rings. The van der Waals surface area contributed by atoms with E-state index < -0.39 is 0 Å². The third-order valence-corrected chi connectivity index (χ3v) is 4.45. The monoisotopic (exact) mass is 290 g/mol. The summed E-state index contributed by atoms with van der Waals surface area (Å²) >= 11 is 1.82. The van der Waals surface area contributed by atoms with Gasteiger partial charge in [-0.3, -0.25) is 11.3 Å². The average Bonchev–Trinajstić information content (AvgIpc) is 2.92. The van der Waals surface area contributed by atoms with Gasteiger partial charge in [-0.25, -0.2) is 4.98 Å². The highest BCUT2D eigenvalue weighted by molar-refractivity contribution is 7.99. The number of thioether (sulfide) groups is 1. The summed E-state index contributed by atoms with van der Waals surface area (Å²) < 4.78 is 2.15. The predicted octanol–water partition coefficient (Wildman–Crippen LogP) is 2.38. The lowest BCUT2D eigenvalue weighted by atomic mass is 10.2. The third-order valence-electron chi connectivity index (χ3n) is 3.28. The maximum atomic E-state index is 5.67. The van der Waals surface area contributed by atoms with Gasteiger partial charge in [0.2, 0.25) is 0 Å². The second-order valence-corrected chi connectivity index (χ2v) is 5.91. The second kappa shape index (κ2) is 7.47. The van der Waals surface area contributed by atoms with E-state index in [2.05, 4.69) is 53.1 Å². The molecular weight excluding hydrogens is 268 g/mol. The molecular formula is C15H22N4S. The zero-order chi connectivity index (χ0) is 14.4. The van der Waals surface area contributed by atoms with Crippen LogP contribution in [0.25, 0.3) is 0 Å². The van der Waals surface area contributed by atoms with Crippen molar-refractivity contribution in [3.63, 3.8) is 0 Å². The van der Waals surface area contributed by atoms with Crippen LogP contribution in [-0.4, -0.2) is 21.3 Å². The Balaban J connectivity index is 1.90. The van der Waals surface area contributed by atoms with Gasteiger partial charge in [-0.05, 0) is 26.0 Å². The molecule has 0 saturated heterocycles. The number of nitrogens with one attached hydrogen (secondary N) is 1. The summed E-state index contributed by atoms with van der Waals surface area (Å²) in [5.74, 6) is 7.68. The van der Waals surface area contributed by atoms with E-state index in [4.69, 9.17) is 5.84 Å². The van der Waals surface area contributed by atoms with E-state index in [1.165, 1.54) is 10.5 Å². The van der Waals surface area contributed by atoms with Crippen molar-refractivity contribution in [1.82, 2.24) is 15.0 Å². The van der Waals surface area contributed by atoms with Gasteiger partial charge >= 0.3 is 0 Å². The van der Waals surface area contributed by atoms with E-state index >= 15 is 0 Å². The first kappa shape index (κ1) is 15.1. The Hall–Kier alpha value is -1.30. The van der Waals surface area contributed by atoms with E-state index in [9.17, 15) is 0 Å². The molecule has 0 aliphatic carbocycles. The van der Waals surface area contributed by atoms with Crippen molar-refractivity contribution < 1.29 is 0 Å². The Bertz CT molecular complexity index is 521. The SMILES string of the molecule is CCn1ccnc1CC(CSc1ccc(C)cc1)NN. The number of benzene rings is 1. The molecule has 1 aromatic heterocycles. The van der Waals surface area contributed by atoms with Crippen molar-refractivity contribution >= 4 is 11.8 Å². The molecule has 0 bridgehead atoms. The number of aromatic nitrogens is 2. The van der Waals surface area contributed by atoms with E-state index in [0.29, 0.717) is 0 Å². The molecule has 108 valence electrons. The van der Waals surface area contributed by atoms with Crippen molar-refractivity contribution in [3.8, 4) is 0 Å². The molecule has 1 aromatic carbocycles. The van der Waals surface area contributed by atoms with E-state index in [1.807, 2.05) is 24.2 Å². The lowest BCUT2D eigenvalue weighted by Gasteiger charge is -2.16. The van der Waals surface area contributed by atoms with Gasteiger partial charge in [-0.2, -0.15) is 0 Å². The van der Waals surface area contributed by atoms with Gasteiger partial charge in [0.05, 0.1) is 0 Å². The summed E-state index contributed by atoms with van der Waals surface area (Å²) in [6, 6.07) is 8.80. The van der Waals surface area contributed by atoms with Crippen molar-refractivity contribution in [2.24, 2.45) is 5.84 Å². The number of nitrogens with zero attached hydrogens (tertiary/aromatic N) is 2. The molecule has 0 aliphatic heterocycles. The van der Waals surface area contributed by atoms with E-state index in [-0.39, 0.29) is 6.04 Å². The van der Waals surface area contributed by atoms with Gasteiger partial charge in [0, 0.05) is 42.0 Å². The van der Waals surface area contributed by atoms with Crippen molar-refractivity contribution in [3.05, 3.63) is 48.0 Å². The number of hydrazine groups is 1. The number of hydrogen-bond donors (Lipinski definition) is 2. The van der Waals surface area contributed by atoms with Crippen molar-refractivity contribution in [1.29, 1.82) is 0 Å². The number of aryl methyl sites for hydroxylation is 2. The Labute approximate surface area is 124 Å². The summed E-state index contributed by atoms with van der Waals surface area (Å²) in [7, 11) is 0. The van der Waals surface area contributed by atoms with E-state index in [0.717, 1.165) is 24.5 Å². The molecule has 2 rings (SSSR count). The molecule has 0 spiro atoms. The highest BCUT2D eigenvalue weighted by Gasteiger charge is 2.12. The fourth-order valence-corrected chi connectivity index (χ4v) is 2.97. The molecule has 0 aliphatic rings. The maximum absolute atomic E-state index is 5.67. The smallest absolute Gasteiger partial charge is 0.110 e. The van der Waals surface area contributed by atoms with Crippen LogP contribution in [0.5, 0.6) is 0 Å². The van der Waals surface area contributed by atoms with Gasteiger partial charge < -0.3 is 4.57 Å². The lowest BCUT2D eigenvalue weighted by molar-refractivity contribution is 0.543. The first-order valence-corrected chi connectivity index (χ1v) is 7.87. The minimum Gasteiger partial charge on any atom is -0.335 e. The molecule has 3 N–H and O–H groups in total. The fraction of sp³-hybridized carbons (Fsp3) is 0.400. The Kier molecular flexibility index (Phi) is 5.64. The van der Waals surface area contributed by atoms with E-state index in [1.54, 1.807) is 0 Å². The highest BCUT2D eigenvalue weighted by Crippen LogP contribution is 2.20. The molecule has 0 saturated carbocycles. The summed E-state index contributed by atoms with van der Waals surface area (Å²) in [5.41, 5.74) is 4.18. The third kappa shape index (κ3) is 4.10. The van der Waals surface area contributed by atoms with Gasteiger partial charge in [0.25, 0.3) is 0 Å². The summed E-state index contributed by atoms with van der Waals surface area (Å²) in [6.45, 7) is 5.16. The van der Waals surface area contributed by atoms with Gasteiger partial charge in [-0.1, -0.05) is 17.7 Å². The molecule has 4 nitrogen and oxygen atoms in total. The zero-order valence-electron chi connectivity index (χ0n) is 12.0. The topological polar surface area (TPSA) is 55.9 Å². The number of rotatable bonds is 7. The average molecular weight is 290 g/mol. The molecule has 5 heteroatoms. The first-order valence-electron chi connectivity index (χ1n) is 6.88. The largest absolute Gasteiger partial charge is 0.335 e. The minimum absolute atomic E-state index is 0.217. The van der Waals surface area contributed by atoms with Crippen LogP contribution in [0.15, 0.2) is 41.6 Å². The Morgan fingerprint density at radius 2 is 2.10 bits per heavy atom. The number of hydrogen-bond acceptors (Lipinski definition) is 4. The number of nitrogens with two attached hydrogens (primary N) is 1. The minimum atomic E-state index is 0.217. The normalized spacial score (nSPS) is 12.6. The molecule has 0 amide bonds. The van der Waals surface area contributed by atoms with Gasteiger partial charge in [0.1, 0.15) is 5.82 Å². The Morgan fingerprint density at radius 3 is 2.75 bits per heavy atom. The molecule has 20 heavy (non-hydrogen) atoms. The number of imidazole rings is 1. The summed E-state index contributed by atoms with van der Waals surface area (Å²) in [5, 5.41) is 0. The van der Waals surface area contributed by atoms with Crippen LogP contribution in [-0.2, 0) is 13.0 Å². The van der Waals surface area contributed by atoms with Crippen LogP contribution < -0.4 is 11.3 Å². The maximum Gasteiger partial charge on any atom is 0.110 e. The van der Waals surface area contributed by atoms with Crippen LogP contribution in [0.4, 0.5) is 0 Å². The van der Waals surface area contributed by atoms with Crippen LogP contribution in [0, 0.1) is 6.92 Å². The molecule has 1 unspecified atom stereocenters. The fourth-order valence-electron chi connectivity index (χ4n) is 2.04. The van der Waals surface area contributed by atoms with Crippen LogP contribution in [0.1, 0.15) is 18.3 Å². The standard InChI is InChI=1S/C15H22N4S/c1-3-19-9-8-17-15(19)10-13(18-16)11-20-14-6-4-12(2)5-7-14/h4-9,13,18H,3,10-11,16H2,1-2H3. The quantitative estimate of drug-likeness (QED) is 0.467. The molecule has 0 fully saturated rings. The first-order chi connectivity index (χ1) is 9.72. The molecule has 0 radical (unpaired) electrons. The van der Waals surface area contributed by atoms with Crippen LogP contribution in [0.3, 0.4) is 0 Å². The van der Waals surface area contributed by atoms with Crippen molar-refractivity contribution in [2.45, 2.75) is 37.8 Å². The summed E-state index contributed by atoms with van der Waals surface area (Å²) in [4.78, 5) is 5.67.